The molecule has 1 fully saturated rings. The normalized spacial score (nSPS) is 32.6. The van der Waals surface area contributed by atoms with Gasteiger partial charge in [0.25, 0.3) is 0 Å². The van der Waals surface area contributed by atoms with Crippen molar-refractivity contribution in [2.45, 2.75) is 58.6 Å². The topological polar surface area (TPSA) is 23.5 Å². The van der Waals surface area contributed by atoms with Crippen LogP contribution in [0.1, 0.15) is 46.5 Å². The van der Waals surface area contributed by atoms with Crippen LogP contribution in [0, 0.1) is 11.8 Å². The van der Waals surface area contributed by atoms with Crippen molar-refractivity contribution in [3.63, 3.8) is 0 Å². The zero-order chi connectivity index (χ0) is 11.4. The molecule has 3 unspecified atom stereocenters. The predicted molar refractivity (Wildman–Crippen MR) is 64.9 cm³/mol. The van der Waals surface area contributed by atoms with Crippen molar-refractivity contribution in [1.82, 2.24) is 4.90 Å². The Morgan fingerprint density at radius 1 is 1.33 bits per heavy atom. The monoisotopic (exact) mass is 213 g/mol. The zero-order valence-electron chi connectivity index (χ0n) is 10.7. The molecule has 0 aromatic carbocycles. The minimum absolute atomic E-state index is 0.0623. The van der Waals surface area contributed by atoms with Gasteiger partial charge in [0, 0.05) is 6.04 Å². The summed E-state index contributed by atoms with van der Waals surface area (Å²) in [7, 11) is 2.21. The van der Waals surface area contributed by atoms with Crippen molar-refractivity contribution in [3.8, 4) is 0 Å². The van der Waals surface area contributed by atoms with E-state index >= 15 is 0 Å². The summed E-state index contributed by atoms with van der Waals surface area (Å²) in [5, 5.41) is 9.70. The van der Waals surface area contributed by atoms with Crippen molar-refractivity contribution < 1.29 is 5.11 Å². The molecule has 0 bridgehead atoms. The molecular weight excluding hydrogens is 186 g/mol. The highest BCUT2D eigenvalue weighted by Crippen LogP contribution is 2.27. The number of hydrogen-bond donors (Lipinski definition) is 1. The molecule has 0 aromatic heterocycles. The van der Waals surface area contributed by atoms with E-state index in [1.165, 1.54) is 19.4 Å². The maximum absolute atomic E-state index is 9.70. The summed E-state index contributed by atoms with van der Waals surface area (Å²) in [6, 6.07) is 0.590. The van der Waals surface area contributed by atoms with Crippen molar-refractivity contribution >= 4 is 0 Å². The van der Waals surface area contributed by atoms with Crippen LogP contribution in [0.2, 0.25) is 0 Å². The first kappa shape index (κ1) is 13.0. The van der Waals surface area contributed by atoms with Gasteiger partial charge >= 0.3 is 0 Å². The number of nitrogens with zero attached hydrogens (tertiary/aromatic N) is 1. The average molecular weight is 213 g/mol. The van der Waals surface area contributed by atoms with Gasteiger partial charge in [-0.1, -0.05) is 20.8 Å². The van der Waals surface area contributed by atoms with Crippen LogP contribution in [0.25, 0.3) is 0 Å². The third-order valence-electron chi connectivity index (χ3n) is 3.75. The van der Waals surface area contributed by atoms with Gasteiger partial charge in [-0.05, 0) is 51.1 Å². The van der Waals surface area contributed by atoms with Crippen LogP contribution in [0.3, 0.4) is 0 Å². The lowest BCUT2D eigenvalue weighted by Gasteiger charge is -2.38. The summed E-state index contributed by atoms with van der Waals surface area (Å²) in [6.07, 6.45) is 4.34. The second-order valence-electron chi connectivity index (χ2n) is 5.67. The number of aliphatic hydroxyl groups is 1. The molecule has 3 atom stereocenters. The van der Waals surface area contributed by atoms with E-state index in [0.717, 1.165) is 24.7 Å². The lowest BCUT2D eigenvalue weighted by atomic mass is 9.83. The molecule has 0 saturated heterocycles. The van der Waals surface area contributed by atoms with Gasteiger partial charge in [-0.2, -0.15) is 0 Å². The molecule has 0 amide bonds. The fourth-order valence-electron chi connectivity index (χ4n) is 2.52. The largest absolute Gasteiger partial charge is 0.393 e. The Labute approximate surface area is 94.7 Å². The van der Waals surface area contributed by atoms with Crippen LogP contribution >= 0.6 is 0 Å². The number of hydrogen-bond acceptors (Lipinski definition) is 2. The Morgan fingerprint density at radius 3 is 2.60 bits per heavy atom. The standard InChI is InChI=1S/C13H27NO/c1-10(2)7-8-14(4)13-9-12(15)6-5-11(13)3/h10-13,15H,5-9H2,1-4H3. The highest BCUT2D eigenvalue weighted by atomic mass is 16.3. The SMILES string of the molecule is CC(C)CCN(C)C1CC(O)CCC1C. The van der Waals surface area contributed by atoms with Crippen LogP contribution in [-0.2, 0) is 0 Å². The molecule has 1 aliphatic rings. The number of aliphatic hydroxyl groups excluding tert-OH is 1. The van der Waals surface area contributed by atoms with Crippen LogP contribution in [0.15, 0.2) is 0 Å². The van der Waals surface area contributed by atoms with Crippen LogP contribution in [-0.4, -0.2) is 35.7 Å². The van der Waals surface area contributed by atoms with E-state index in [4.69, 9.17) is 0 Å². The average Bonchev–Trinajstić information content (AvgIpc) is 2.18. The minimum atomic E-state index is -0.0623. The minimum Gasteiger partial charge on any atom is -0.393 e. The maximum Gasteiger partial charge on any atom is 0.0555 e. The van der Waals surface area contributed by atoms with Gasteiger partial charge in [0.2, 0.25) is 0 Å². The van der Waals surface area contributed by atoms with Gasteiger partial charge in [-0.25, -0.2) is 0 Å². The molecule has 1 N–H and O–H groups in total. The third-order valence-corrected chi connectivity index (χ3v) is 3.75. The van der Waals surface area contributed by atoms with Crippen LogP contribution in [0.4, 0.5) is 0 Å². The molecule has 0 aliphatic heterocycles. The summed E-state index contributed by atoms with van der Waals surface area (Å²) in [6.45, 7) is 8.03. The maximum atomic E-state index is 9.70. The van der Waals surface area contributed by atoms with Gasteiger partial charge in [-0.15, -0.1) is 0 Å². The first-order chi connectivity index (χ1) is 7.00. The van der Waals surface area contributed by atoms with Gasteiger partial charge in [0.1, 0.15) is 0 Å². The highest BCUT2D eigenvalue weighted by molar-refractivity contribution is 4.83. The summed E-state index contributed by atoms with van der Waals surface area (Å²) in [5.74, 6) is 1.52. The van der Waals surface area contributed by atoms with E-state index in [-0.39, 0.29) is 6.10 Å². The molecule has 0 heterocycles. The zero-order valence-corrected chi connectivity index (χ0v) is 10.7. The van der Waals surface area contributed by atoms with Gasteiger partial charge < -0.3 is 10.0 Å². The molecule has 15 heavy (non-hydrogen) atoms. The van der Waals surface area contributed by atoms with E-state index < -0.39 is 0 Å². The van der Waals surface area contributed by atoms with E-state index in [0.29, 0.717) is 6.04 Å². The van der Waals surface area contributed by atoms with Gasteiger partial charge in [0.15, 0.2) is 0 Å². The fraction of sp³-hybridized carbons (Fsp3) is 1.00. The first-order valence-corrected chi connectivity index (χ1v) is 6.39. The highest BCUT2D eigenvalue weighted by Gasteiger charge is 2.29. The lowest BCUT2D eigenvalue weighted by Crippen LogP contribution is -2.43. The van der Waals surface area contributed by atoms with E-state index in [1.807, 2.05) is 0 Å². The van der Waals surface area contributed by atoms with Crippen molar-refractivity contribution in [3.05, 3.63) is 0 Å². The summed E-state index contributed by atoms with van der Waals surface area (Å²) in [4.78, 5) is 2.45. The van der Waals surface area contributed by atoms with E-state index in [1.54, 1.807) is 0 Å². The lowest BCUT2D eigenvalue weighted by molar-refractivity contribution is 0.0419. The first-order valence-electron chi connectivity index (χ1n) is 6.39. The third kappa shape index (κ3) is 4.12. The molecule has 2 heteroatoms. The van der Waals surface area contributed by atoms with Crippen LogP contribution < -0.4 is 0 Å². The molecule has 90 valence electrons. The molecule has 1 rings (SSSR count). The van der Waals surface area contributed by atoms with Gasteiger partial charge in [-0.3, -0.25) is 0 Å². The second kappa shape index (κ2) is 5.86. The molecule has 0 radical (unpaired) electrons. The smallest absolute Gasteiger partial charge is 0.0555 e. The Morgan fingerprint density at radius 2 is 2.00 bits per heavy atom. The van der Waals surface area contributed by atoms with Crippen molar-refractivity contribution in [1.29, 1.82) is 0 Å². The molecule has 2 nitrogen and oxygen atoms in total. The molecular formula is C13H27NO. The Bertz CT molecular complexity index is 181. The van der Waals surface area contributed by atoms with Crippen molar-refractivity contribution in [2.75, 3.05) is 13.6 Å². The second-order valence-corrected chi connectivity index (χ2v) is 5.67. The molecule has 1 aliphatic carbocycles. The summed E-state index contributed by atoms with van der Waals surface area (Å²) in [5.41, 5.74) is 0. The van der Waals surface area contributed by atoms with Crippen molar-refractivity contribution in [2.24, 2.45) is 11.8 Å². The Kier molecular flexibility index (Phi) is 5.07. The molecule has 1 saturated carbocycles. The fourth-order valence-corrected chi connectivity index (χ4v) is 2.52. The number of rotatable bonds is 4. The summed E-state index contributed by atoms with van der Waals surface area (Å²) < 4.78 is 0. The van der Waals surface area contributed by atoms with Gasteiger partial charge in [0.05, 0.1) is 6.10 Å². The van der Waals surface area contributed by atoms with Crippen LogP contribution in [0.5, 0.6) is 0 Å². The molecule has 0 spiro atoms. The Balaban J connectivity index is 2.38. The van der Waals surface area contributed by atoms with E-state index in [2.05, 4.69) is 32.7 Å². The predicted octanol–water partition coefficient (Wildman–Crippen LogP) is 2.51. The van der Waals surface area contributed by atoms with E-state index in [9.17, 15) is 5.11 Å². The molecule has 0 aromatic rings. The quantitative estimate of drug-likeness (QED) is 0.775. The summed E-state index contributed by atoms with van der Waals surface area (Å²) >= 11 is 0. The Hall–Kier alpha value is -0.0800.